The first-order chi connectivity index (χ1) is 8.61. The standard InChI is InChI=1S/C14H10ClFO2/c1-18-11-5-2-9(3-6-11)14(17)10-4-7-12(15)13(16)8-10/h2-8H,1H3. The molecule has 0 fully saturated rings. The Balaban J connectivity index is 2.32. The Labute approximate surface area is 109 Å². The molecule has 92 valence electrons. The third-order valence-corrected chi connectivity index (χ3v) is 2.84. The summed E-state index contributed by atoms with van der Waals surface area (Å²) in [6, 6.07) is 10.6. The molecule has 4 heteroatoms. The van der Waals surface area contributed by atoms with E-state index in [1.807, 2.05) is 0 Å². The summed E-state index contributed by atoms with van der Waals surface area (Å²) in [5.74, 6) is -0.196. The van der Waals surface area contributed by atoms with Gasteiger partial charge in [0.25, 0.3) is 0 Å². The van der Waals surface area contributed by atoms with Crippen LogP contribution in [0.25, 0.3) is 0 Å². The van der Waals surface area contributed by atoms with Crippen LogP contribution in [-0.4, -0.2) is 12.9 Å². The molecule has 2 aromatic carbocycles. The van der Waals surface area contributed by atoms with E-state index in [1.54, 1.807) is 31.4 Å². The number of carbonyl (C=O) groups excluding carboxylic acids is 1. The van der Waals surface area contributed by atoms with Gasteiger partial charge in [-0.1, -0.05) is 11.6 Å². The van der Waals surface area contributed by atoms with Crippen LogP contribution in [0.1, 0.15) is 15.9 Å². The summed E-state index contributed by atoms with van der Waals surface area (Å²) in [5.41, 5.74) is 0.736. The van der Waals surface area contributed by atoms with E-state index in [9.17, 15) is 9.18 Å². The molecule has 0 spiro atoms. The fourth-order valence-corrected chi connectivity index (χ4v) is 1.66. The van der Waals surface area contributed by atoms with Gasteiger partial charge < -0.3 is 4.74 Å². The van der Waals surface area contributed by atoms with Gasteiger partial charge in [0.15, 0.2) is 5.78 Å². The molecule has 18 heavy (non-hydrogen) atoms. The van der Waals surface area contributed by atoms with Crippen molar-refractivity contribution >= 4 is 17.4 Å². The lowest BCUT2D eigenvalue weighted by Gasteiger charge is -2.04. The van der Waals surface area contributed by atoms with Gasteiger partial charge in [0.05, 0.1) is 12.1 Å². The Kier molecular flexibility index (Phi) is 3.63. The van der Waals surface area contributed by atoms with E-state index < -0.39 is 5.82 Å². The van der Waals surface area contributed by atoms with Crippen molar-refractivity contribution in [2.24, 2.45) is 0 Å². The average Bonchev–Trinajstić information content (AvgIpc) is 2.41. The van der Waals surface area contributed by atoms with Gasteiger partial charge in [-0.25, -0.2) is 4.39 Å². The largest absolute Gasteiger partial charge is 0.497 e. The van der Waals surface area contributed by atoms with Crippen molar-refractivity contribution in [2.45, 2.75) is 0 Å². The second-order valence-electron chi connectivity index (χ2n) is 3.69. The number of hydrogen-bond acceptors (Lipinski definition) is 2. The molecule has 0 unspecified atom stereocenters. The van der Waals surface area contributed by atoms with Gasteiger partial charge in [-0.15, -0.1) is 0 Å². The van der Waals surface area contributed by atoms with Gasteiger partial charge in [0.2, 0.25) is 0 Å². The monoisotopic (exact) mass is 264 g/mol. The summed E-state index contributed by atoms with van der Waals surface area (Å²) in [6.45, 7) is 0. The lowest BCUT2D eigenvalue weighted by atomic mass is 10.0. The van der Waals surface area contributed by atoms with Crippen molar-refractivity contribution in [3.63, 3.8) is 0 Å². The SMILES string of the molecule is COc1ccc(C(=O)c2ccc(Cl)c(F)c2)cc1. The molecule has 0 bridgehead atoms. The molecular formula is C14H10ClFO2. The molecule has 0 amide bonds. The van der Waals surface area contributed by atoms with Crippen LogP contribution in [-0.2, 0) is 0 Å². The van der Waals surface area contributed by atoms with E-state index in [-0.39, 0.29) is 16.4 Å². The van der Waals surface area contributed by atoms with Gasteiger partial charge in [0.1, 0.15) is 11.6 Å². The topological polar surface area (TPSA) is 26.3 Å². The number of methoxy groups -OCH3 is 1. The second kappa shape index (κ2) is 5.19. The van der Waals surface area contributed by atoms with Crippen LogP contribution >= 0.6 is 11.6 Å². The highest BCUT2D eigenvalue weighted by Crippen LogP contribution is 2.19. The van der Waals surface area contributed by atoms with Crippen molar-refractivity contribution in [1.82, 2.24) is 0 Å². The maximum Gasteiger partial charge on any atom is 0.193 e. The molecular weight excluding hydrogens is 255 g/mol. The third-order valence-electron chi connectivity index (χ3n) is 2.53. The molecule has 0 atom stereocenters. The fourth-order valence-electron chi connectivity index (χ4n) is 1.55. The zero-order chi connectivity index (χ0) is 13.1. The Bertz CT molecular complexity index is 579. The molecule has 0 heterocycles. The smallest absolute Gasteiger partial charge is 0.193 e. The Hall–Kier alpha value is -1.87. The number of rotatable bonds is 3. The van der Waals surface area contributed by atoms with Crippen LogP contribution in [0.5, 0.6) is 5.75 Å². The van der Waals surface area contributed by atoms with E-state index in [0.717, 1.165) is 6.07 Å². The summed E-state index contributed by atoms with van der Waals surface area (Å²) in [4.78, 5) is 12.1. The first-order valence-electron chi connectivity index (χ1n) is 5.25. The molecule has 2 rings (SSSR count). The van der Waals surface area contributed by atoms with Crippen LogP contribution < -0.4 is 4.74 Å². The van der Waals surface area contributed by atoms with Crippen LogP contribution in [0.15, 0.2) is 42.5 Å². The molecule has 0 aliphatic heterocycles. The zero-order valence-electron chi connectivity index (χ0n) is 9.61. The molecule has 0 aromatic heterocycles. The van der Waals surface area contributed by atoms with Crippen LogP contribution in [0.4, 0.5) is 4.39 Å². The van der Waals surface area contributed by atoms with Crippen molar-refractivity contribution in [3.05, 3.63) is 64.4 Å². The van der Waals surface area contributed by atoms with Gasteiger partial charge in [-0.05, 0) is 42.5 Å². The summed E-state index contributed by atoms with van der Waals surface area (Å²) in [6.07, 6.45) is 0. The summed E-state index contributed by atoms with van der Waals surface area (Å²) in [5, 5.41) is 0.00119. The number of hydrogen-bond donors (Lipinski definition) is 0. The summed E-state index contributed by atoms with van der Waals surface area (Å²) in [7, 11) is 1.55. The summed E-state index contributed by atoms with van der Waals surface area (Å²) < 4.78 is 18.3. The van der Waals surface area contributed by atoms with Crippen LogP contribution in [0.3, 0.4) is 0 Å². The van der Waals surface area contributed by atoms with Crippen LogP contribution in [0, 0.1) is 5.82 Å². The molecule has 0 aliphatic rings. The van der Waals surface area contributed by atoms with Gasteiger partial charge >= 0.3 is 0 Å². The van der Waals surface area contributed by atoms with E-state index in [4.69, 9.17) is 16.3 Å². The van der Waals surface area contributed by atoms with E-state index in [0.29, 0.717) is 11.3 Å². The van der Waals surface area contributed by atoms with Gasteiger partial charge in [-0.3, -0.25) is 4.79 Å². The maximum absolute atomic E-state index is 13.3. The van der Waals surface area contributed by atoms with Crippen molar-refractivity contribution in [1.29, 1.82) is 0 Å². The number of ether oxygens (including phenoxy) is 1. The first kappa shape index (κ1) is 12.6. The lowest BCUT2D eigenvalue weighted by molar-refractivity contribution is 0.103. The van der Waals surface area contributed by atoms with Crippen molar-refractivity contribution in [2.75, 3.05) is 7.11 Å². The molecule has 0 radical (unpaired) electrons. The van der Waals surface area contributed by atoms with Crippen molar-refractivity contribution in [3.8, 4) is 5.75 Å². The number of ketones is 1. The average molecular weight is 265 g/mol. The predicted molar refractivity (Wildman–Crippen MR) is 67.8 cm³/mol. The Morgan fingerprint density at radius 2 is 1.72 bits per heavy atom. The highest BCUT2D eigenvalue weighted by molar-refractivity contribution is 6.30. The fraction of sp³-hybridized carbons (Fsp3) is 0.0714. The first-order valence-corrected chi connectivity index (χ1v) is 5.63. The molecule has 0 saturated heterocycles. The normalized spacial score (nSPS) is 10.2. The third kappa shape index (κ3) is 2.51. The minimum atomic E-state index is -0.601. The predicted octanol–water partition coefficient (Wildman–Crippen LogP) is 3.72. The van der Waals surface area contributed by atoms with E-state index in [2.05, 4.69) is 0 Å². The van der Waals surface area contributed by atoms with E-state index >= 15 is 0 Å². The minimum Gasteiger partial charge on any atom is -0.497 e. The van der Waals surface area contributed by atoms with Crippen molar-refractivity contribution < 1.29 is 13.9 Å². The molecule has 0 aliphatic carbocycles. The number of halogens is 2. The Morgan fingerprint density at radius 3 is 2.28 bits per heavy atom. The molecule has 2 nitrogen and oxygen atoms in total. The molecule has 2 aromatic rings. The second-order valence-corrected chi connectivity index (χ2v) is 4.09. The number of carbonyl (C=O) groups is 1. The quantitative estimate of drug-likeness (QED) is 0.790. The molecule has 0 N–H and O–H groups in total. The zero-order valence-corrected chi connectivity index (χ0v) is 10.4. The van der Waals surface area contributed by atoms with Crippen LogP contribution in [0.2, 0.25) is 5.02 Å². The highest BCUT2D eigenvalue weighted by Gasteiger charge is 2.11. The van der Waals surface area contributed by atoms with E-state index in [1.165, 1.54) is 12.1 Å². The lowest BCUT2D eigenvalue weighted by Crippen LogP contribution is -2.01. The highest BCUT2D eigenvalue weighted by atomic mass is 35.5. The maximum atomic E-state index is 13.3. The summed E-state index contributed by atoms with van der Waals surface area (Å²) >= 11 is 5.57. The number of benzene rings is 2. The van der Waals surface area contributed by atoms with Gasteiger partial charge in [-0.2, -0.15) is 0 Å². The Morgan fingerprint density at radius 1 is 1.11 bits per heavy atom. The molecule has 0 saturated carbocycles. The minimum absolute atomic E-state index is 0.00119. The van der Waals surface area contributed by atoms with Gasteiger partial charge in [0, 0.05) is 11.1 Å².